The molecule has 0 aliphatic heterocycles. The van der Waals surface area contributed by atoms with Gasteiger partial charge in [0.2, 0.25) is 5.91 Å². The van der Waals surface area contributed by atoms with E-state index in [-0.39, 0.29) is 12.0 Å². The maximum absolute atomic E-state index is 13.4. The van der Waals surface area contributed by atoms with Crippen molar-refractivity contribution < 1.29 is 13.6 Å². The Morgan fingerprint density at radius 1 is 1.50 bits per heavy atom. The summed E-state index contributed by atoms with van der Waals surface area (Å²) in [4.78, 5) is 10.8. The van der Waals surface area contributed by atoms with Crippen molar-refractivity contribution in [2.24, 2.45) is 5.73 Å². The Bertz CT molecular complexity index is 382. The molecule has 16 heavy (non-hydrogen) atoms. The molecule has 1 unspecified atom stereocenters. The number of nitrogens with one attached hydrogen (secondary N) is 1. The zero-order chi connectivity index (χ0) is 12.1. The zero-order valence-electron chi connectivity index (χ0n) is 8.97. The lowest BCUT2D eigenvalue weighted by Crippen LogP contribution is -2.27. The van der Waals surface area contributed by atoms with Crippen molar-refractivity contribution in [1.29, 1.82) is 0 Å². The van der Waals surface area contributed by atoms with Crippen LogP contribution in [0.5, 0.6) is 0 Å². The van der Waals surface area contributed by atoms with Crippen LogP contribution in [0.4, 0.5) is 8.78 Å². The van der Waals surface area contributed by atoms with Crippen LogP contribution in [0.3, 0.4) is 0 Å². The van der Waals surface area contributed by atoms with Crippen molar-refractivity contribution in [3.63, 3.8) is 0 Å². The molecule has 1 aromatic carbocycles. The molecule has 3 N–H and O–H groups in total. The summed E-state index contributed by atoms with van der Waals surface area (Å²) >= 11 is 0. The van der Waals surface area contributed by atoms with E-state index in [1.807, 2.05) is 6.92 Å². The highest BCUT2D eigenvalue weighted by Gasteiger charge is 2.17. The van der Waals surface area contributed by atoms with E-state index in [1.165, 1.54) is 0 Å². The van der Waals surface area contributed by atoms with Gasteiger partial charge in [-0.25, -0.2) is 8.78 Å². The molecule has 0 radical (unpaired) electrons. The lowest BCUT2D eigenvalue weighted by molar-refractivity contribution is -0.118. The molecule has 0 aliphatic carbocycles. The minimum absolute atomic E-state index is 0.0613. The largest absolute Gasteiger partial charge is 0.370 e. The lowest BCUT2D eigenvalue weighted by atomic mass is 10.0. The third-order valence-electron chi connectivity index (χ3n) is 2.19. The molecule has 0 spiro atoms. The second kappa shape index (κ2) is 5.55. The summed E-state index contributed by atoms with van der Waals surface area (Å²) in [7, 11) is 0. The summed E-state index contributed by atoms with van der Waals surface area (Å²) < 4.78 is 26.4. The van der Waals surface area contributed by atoms with E-state index in [1.54, 1.807) is 0 Å². The lowest BCUT2D eigenvalue weighted by Gasteiger charge is -2.17. The summed E-state index contributed by atoms with van der Waals surface area (Å²) in [6.45, 7) is 2.35. The fourth-order valence-corrected chi connectivity index (χ4v) is 1.52. The van der Waals surface area contributed by atoms with Gasteiger partial charge in [0.05, 0.1) is 0 Å². The first kappa shape index (κ1) is 12.6. The van der Waals surface area contributed by atoms with Crippen LogP contribution in [0, 0.1) is 11.6 Å². The molecule has 1 aromatic rings. The number of carbonyl (C=O) groups excluding carboxylic acids is 1. The summed E-state index contributed by atoms with van der Waals surface area (Å²) in [5.74, 6) is -1.65. The van der Waals surface area contributed by atoms with Crippen LogP contribution in [0.25, 0.3) is 0 Å². The van der Waals surface area contributed by atoms with Crippen LogP contribution in [0.2, 0.25) is 0 Å². The molecule has 1 amide bonds. The Kier molecular flexibility index (Phi) is 4.37. The summed E-state index contributed by atoms with van der Waals surface area (Å²) in [5, 5.41) is 2.89. The number of nitrogens with two attached hydrogens (primary N) is 1. The third-order valence-corrected chi connectivity index (χ3v) is 2.19. The van der Waals surface area contributed by atoms with Gasteiger partial charge in [-0.05, 0) is 24.7 Å². The third kappa shape index (κ3) is 3.27. The van der Waals surface area contributed by atoms with Gasteiger partial charge >= 0.3 is 0 Å². The van der Waals surface area contributed by atoms with E-state index >= 15 is 0 Å². The molecule has 0 fully saturated rings. The summed E-state index contributed by atoms with van der Waals surface area (Å²) in [6, 6.07) is 2.56. The van der Waals surface area contributed by atoms with Crippen LogP contribution in [-0.2, 0) is 4.79 Å². The van der Waals surface area contributed by atoms with E-state index in [0.29, 0.717) is 6.54 Å². The number of amides is 1. The predicted octanol–water partition coefficient (Wildman–Crippen LogP) is 1.49. The number of halogens is 2. The van der Waals surface area contributed by atoms with Crippen LogP contribution >= 0.6 is 0 Å². The second-order valence-corrected chi connectivity index (χ2v) is 3.45. The number of benzene rings is 1. The van der Waals surface area contributed by atoms with Crippen molar-refractivity contribution in [3.05, 3.63) is 35.4 Å². The van der Waals surface area contributed by atoms with E-state index < -0.39 is 23.6 Å². The smallest absolute Gasteiger partial charge is 0.219 e. The Morgan fingerprint density at radius 3 is 2.75 bits per heavy atom. The van der Waals surface area contributed by atoms with Crippen molar-refractivity contribution in [1.82, 2.24) is 5.32 Å². The molecule has 1 atom stereocenters. The first-order valence-electron chi connectivity index (χ1n) is 5.01. The molecular weight excluding hydrogens is 214 g/mol. The first-order valence-corrected chi connectivity index (χ1v) is 5.01. The molecule has 88 valence electrons. The van der Waals surface area contributed by atoms with E-state index in [0.717, 1.165) is 18.2 Å². The molecule has 0 saturated heterocycles. The second-order valence-electron chi connectivity index (χ2n) is 3.45. The molecule has 0 saturated carbocycles. The van der Waals surface area contributed by atoms with Gasteiger partial charge in [-0.2, -0.15) is 0 Å². The predicted molar refractivity (Wildman–Crippen MR) is 56.6 cm³/mol. The fraction of sp³-hybridized carbons (Fsp3) is 0.364. The average molecular weight is 228 g/mol. The number of carbonyl (C=O) groups is 1. The van der Waals surface area contributed by atoms with Gasteiger partial charge in [-0.1, -0.05) is 6.92 Å². The first-order chi connectivity index (χ1) is 7.54. The Labute approximate surface area is 92.6 Å². The van der Waals surface area contributed by atoms with E-state index in [9.17, 15) is 13.6 Å². The van der Waals surface area contributed by atoms with Crippen LogP contribution in [0.1, 0.15) is 24.9 Å². The molecule has 3 nitrogen and oxygen atoms in total. The molecule has 5 heteroatoms. The van der Waals surface area contributed by atoms with E-state index in [2.05, 4.69) is 5.32 Å². The standard InChI is InChI=1S/C11H14F2N2O/c1-2-15-10(6-11(14)16)8-5-7(12)3-4-9(8)13/h3-5,10,15H,2,6H2,1H3,(H2,14,16). The van der Waals surface area contributed by atoms with Gasteiger partial charge in [-0.15, -0.1) is 0 Å². The Morgan fingerprint density at radius 2 is 2.19 bits per heavy atom. The zero-order valence-corrected chi connectivity index (χ0v) is 8.97. The van der Waals surface area contributed by atoms with Crippen LogP contribution in [-0.4, -0.2) is 12.5 Å². The number of primary amides is 1. The maximum Gasteiger partial charge on any atom is 0.219 e. The monoisotopic (exact) mass is 228 g/mol. The van der Waals surface area contributed by atoms with Crippen molar-refractivity contribution in [3.8, 4) is 0 Å². The Hall–Kier alpha value is -1.49. The summed E-state index contributed by atoms with van der Waals surface area (Å²) in [6.07, 6.45) is -0.0613. The van der Waals surface area contributed by atoms with Gasteiger partial charge in [0.1, 0.15) is 11.6 Å². The normalized spacial score (nSPS) is 12.4. The van der Waals surface area contributed by atoms with Crippen LogP contribution < -0.4 is 11.1 Å². The SMILES string of the molecule is CCNC(CC(N)=O)c1cc(F)ccc1F. The highest BCUT2D eigenvalue weighted by atomic mass is 19.1. The van der Waals surface area contributed by atoms with Gasteiger partial charge < -0.3 is 11.1 Å². The Balaban J connectivity index is 2.99. The molecule has 0 heterocycles. The number of rotatable bonds is 5. The molecule has 1 rings (SSSR count). The highest BCUT2D eigenvalue weighted by Crippen LogP contribution is 2.20. The van der Waals surface area contributed by atoms with Gasteiger partial charge in [0.25, 0.3) is 0 Å². The quantitative estimate of drug-likeness (QED) is 0.802. The molecule has 0 aliphatic rings. The number of hydrogen-bond acceptors (Lipinski definition) is 2. The van der Waals surface area contributed by atoms with Crippen molar-refractivity contribution >= 4 is 5.91 Å². The minimum atomic E-state index is -0.585. The number of hydrogen-bond donors (Lipinski definition) is 2. The van der Waals surface area contributed by atoms with Crippen molar-refractivity contribution in [2.75, 3.05) is 6.54 Å². The maximum atomic E-state index is 13.4. The average Bonchev–Trinajstić information content (AvgIpc) is 2.20. The highest BCUT2D eigenvalue weighted by molar-refractivity contribution is 5.74. The van der Waals surface area contributed by atoms with Gasteiger partial charge in [-0.3, -0.25) is 4.79 Å². The van der Waals surface area contributed by atoms with Gasteiger partial charge in [0.15, 0.2) is 0 Å². The van der Waals surface area contributed by atoms with Crippen LogP contribution in [0.15, 0.2) is 18.2 Å². The van der Waals surface area contributed by atoms with E-state index in [4.69, 9.17) is 5.73 Å². The molecule has 0 aromatic heterocycles. The minimum Gasteiger partial charge on any atom is -0.370 e. The molecular formula is C11H14F2N2O. The fourth-order valence-electron chi connectivity index (χ4n) is 1.52. The van der Waals surface area contributed by atoms with Crippen molar-refractivity contribution in [2.45, 2.75) is 19.4 Å². The topological polar surface area (TPSA) is 55.1 Å². The summed E-state index contributed by atoms with van der Waals surface area (Å²) in [5.41, 5.74) is 5.18. The molecule has 0 bridgehead atoms. The van der Waals surface area contributed by atoms with Gasteiger partial charge in [0, 0.05) is 18.0 Å².